The second-order valence-corrected chi connectivity index (χ2v) is 5.08. The van der Waals surface area contributed by atoms with E-state index in [1.807, 2.05) is 7.05 Å². The number of anilines is 2. The molecule has 0 radical (unpaired) electrons. The summed E-state index contributed by atoms with van der Waals surface area (Å²) in [4.78, 5) is 11.5. The van der Waals surface area contributed by atoms with Gasteiger partial charge in [0.1, 0.15) is 5.82 Å². The second-order valence-electron chi connectivity index (χ2n) is 5.08. The smallest absolute Gasteiger partial charge is 0.229 e. The molecule has 1 saturated heterocycles. The number of aliphatic hydroxyl groups is 1. The molecule has 0 amide bonds. The van der Waals surface area contributed by atoms with E-state index in [9.17, 15) is 0 Å². The zero-order chi connectivity index (χ0) is 13.9. The van der Waals surface area contributed by atoms with Gasteiger partial charge in [0.05, 0.1) is 11.6 Å². The van der Waals surface area contributed by atoms with Gasteiger partial charge in [0.25, 0.3) is 0 Å². The molecular formula is C13H20N6O. The van der Waals surface area contributed by atoms with Gasteiger partial charge in [-0.05, 0) is 19.3 Å². The Morgan fingerprint density at radius 3 is 2.85 bits per heavy atom. The highest BCUT2D eigenvalue weighted by molar-refractivity contribution is 5.87. The van der Waals surface area contributed by atoms with Crippen LogP contribution >= 0.6 is 0 Å². The molecule has 0 saturated carbocycles. The van der Waals surface area contributed by atoms with E-state index >= 15 is 0 Å². The highest BCUT2D eigenvalue weighted by atomic mass is 16.3. The van der Waals surface area contributed by atoms with Gasteiger partial charge in [0, 0.05) is 33.3 Å². The number of rotatable bonds is 5. The van der Waals surface area contributed by atoms with E-state index < -0.39 is 0 Å². The first-order valence-electron chi connectivity index (χ1n) is 7.09. The molecule has 2 aromatic rings. The molecule has 7 nitrogen and oxygen atoms in total. The Bertz CT molecular complexity index is 590. The van der Waals surface area contributed by atoms with Crippen LogP contribution in [0.3, 0.4) is 0 Å². The number of aromatic nitrogens is 4. The van der Waals surface area contributed by atoms with E-state index in [0.29, 0.717) is 13.0 Å². The summed E-state index contributed by atoms with van der Waals surface area (Å²) < 4.78 is 1.77. The summed E-state index contributed by atoms with van der Waals surface area (Å²) in [6.45, 7) is 2.89. The summed E-state index contributed by atoms with van der Waals surface area (Å²) in [5, 5.41) is 17.3. The molecule has 108 valence electrons. The molecule has 2 aromatic heterocycles. The molecule has 2 N–H and O–H groups in total. The molecule has 0 spiro atoms. The lowest BCUT2D eigenvalue weighted by Crippen LogP contribution is -2.21. The molecule has 3 rings (SSSR count). The maximum atomic E-state index is 8.89. The molecular weight excluding hydrogens is 256 g/mol. The van der Waals surface area contributed by atoms with Gasteiger partial charge in [0.15, 0.2) is 5.65 Å². The Labute approximate surface area is 117 Å². The maximum absolute atomic E-state index is 8.89. The van der Waals surface area contributed by atoms with Gasteiger partial charge in [0.2, 0.25) is 5.95 Å². The zero-order valence-corrected chi connectivity index (χ0v) is 11.7. The van der Waals surface area contributed by atoms with Crippen molar-refractivity contribution in [2.75, 3.05) is 36.5 Å². The van der Waals surface area contributed by atoms with Crippen molar-refractivity contribution >= 4 is 22.8 Å². The van der Waals surface area contributed by atoms with E-state index in [4.69, 9.17) is 5.11 Å². The Kier molecular flexibility index (Phi) is 3.68. The normalized spacial score (nSPS) is 15.2. The van der Waals surface area contributed by atoms with Crippen LogP contribution in [-0.2, 0) is 7.05 Å². The van der Waals surface area contributed by atoms with Crippen molar-refractivity contribution in [3.8, 4) is 0 Å². The standard InChI is InChI=1S/C13H20N6O/c1-18-12-10(9-15-18)11(14-5-4-8-20)16-13(17-12)19-6-2-3-7-19/h9,20H,2-8H2,1H3,(H,14,16,17). The highest BCUT2D eigenvalue weighted by Crippen LogP contribution is 2.24. The molecule has 0 aromatic carbocycles. The van der Waals surface area contributed by atoms with Gasteiger partial charge >= 0.3 is 0 Å². The summed E-state index contributed by atoms with van der Waals surface area (Å²) in [6.07, 6.45) is 4.87. The molecule has 1 aliphatic rings. The molecule has 1 fully saturated rings. The fraction of sp³-hybridized carbons (Fsp3) is 0.615. The summed E-state index contributed by atoms with van der Waals surface area (Å²) >= 11 is 0. The molecule has 1 aliphatic heterocycles. The predicted molar refractivity (Wildman–Crippen MR) is 77.9 cm³/mol. The number of aliphatic hydroxyl groups excluding tert-OH is 1. The van der Waals surface area contributed by atoms with Crippen LogP contribution < -0.4 is 10.2 Å². The summed E-state index contributed by atoms with van der Waals surface area (Å²) in [5.41, 5.74) is 0.841. The number of nitrogens with zero attached hydrogens (tertiary/aromatic N) is 5. The zero-order valence-electron chi connectivity index (χ0n) is 11.7. The van der Waals surface area contributed by atoms with Crippen molar-refractivity contribution in [1.29, 1.82) is 0 Å². The van der Waals surface area contributed by atoms with Gasteiger partial charge in [-0.15, -0.1) is 0 Å². The van der Waals surface area contributed by atoms with Gasteiger partial charge in [-0.3, -0.25) is 4.68 Å². The van der Waals surface area contributed by atoms with Crippen LogP contribution in [0.5, 0.6) is 0 Å². The lowest BCUT2D eigenvalue weighted by Gasteiger charge is -2.16. The van der Waals surface area contributed by atoms with Gasteiger partial charge in [-0.2, -0.15) is 15.1 Å². The third kappa shape index (κ3) is 2.40. The topological polar surface area (TPSA) is 79.1 Å². The number of aryl methyl sites for hydroxylation is 1. The summed E-state index contributed by atoms with van der Waals surface area (Å²) in [6, 6.07) is 0. The minimum Gasteiger partial charge on any atom is -0.396 e. The van der Waals surface area contributed by atoms with E-state index in [2.05, 4.69) is 25.3 Å². The Hall–Kier alpha value is -1.89. The van der Waals surface area contributed by atoms with E-state index in [1.54, 1.807) is 10.9 Å². The Morgan fingerprint density at radius 1 is 1.30 bits per heavy atom. The van der Waals surface area contributed by atoms with Crippen molar-refractivity contribution < 1.29 is 5.11 Å². The van der Waals surface area contributed by atoms with Crippen LogP contribution in [0.25, 0.3) is 11.0 Å². The first-order chi connectivity index (χ1) is 9.79. The fourth-order valence-electron chi connectivity index (χ4n) is 2.49. The predicted octanol–water partition coefficient (Wildman–Crippen LogP) is 0.758. The van der Waals surface area contributed by atoms with Crippen LogP contribution in [0.4, 0.5) is 11.8 Å². The van der Waals surface area contributed by atoms with Crippen molar-refractivity contribution in [3.63, 3.8) is 0 Å². The van der Waals surface area contributed by atoms with Crippen LogP contribution in [0.15, 0.2) is 6.20 Å². The van der Waals surface area contributed by atoms with E-state index in [1.165, 1.54) is 12.8 Å². The largest absolute Gasteiger partial charge is 0.396 e. The SMILES string of the molecule is Cn1ncc2c(NCCCO)nc(N3CCCC3)nc21. The molecule has 0 unspecified atom stereocenters. The van der Waals surface area contributed by atoms with Crippen molar-refractivity contribution in [2.24, 2.45) is 7.05 Å². The van der Waals surface area contributed by atoms with Crippen molar-refractivity contribution in [3.05, 3.63) is 6.20 Å². The molecule has 0 atom stereocenters. The lowest BCUT2D eigenvalue weighted by molar-refractivity contribution is 0.292. The number of fused-ring (bicyclic) bond motifs is 1. The quantitative estimate of drug-likeness (QED) is 0.785. The Morgan fingerprint density at radius 2 is 2.10 bits per heavy atom. The van der Waals surface area contributed by atoms with E-state index in [0.717, 1.165) is 35.9 Å². The number of hydrogen-bond donors (Lipinski definition) is 2. The monoisotopic (exact) mass is 276 g/mol. The van der Waals surface area contributed by atoms with Crippen molar-refractivity contribution in [1.82, 2.24) is 19.7 Å². The Balaban J connectivity index is 1.96. The minimum atomic E-state index is 0.174. The van der Waals surface area contributed by atoms with Gasteiger partial charge in [-0.1, -0.05) is 0 Å². The number of hydrogen-bond acceptors (Lipinski definition) is 6. The summed E-state index contributed by atoms with van der Waals surface area (Å²) in [7, 11) is 1.89. The molecule has 20 heavy (non-hydrogen) atoms. The third-order valence-corrected chi connectivity index (χ3v) is 3.60. The molecule has 0 bridgehead atoms. The lowest BCUT2D eigenvalue weighted by atomic mass is 10.3. The fourth-order valence-corrected chi connectivity index (χ4v) is 2.49. The van der Waals surface area contributed by atoms with Crippen molar-refractivity contribution in [2.45, 2.75) is 19.3 Å². The summed E-state index contributed by atoms with van der Waals surface area (Å²) in [5.74, 6) is 1.57. The van der Waals surface area contributed by atoms with Crippen LogP contribution in [0.1, 0.15) is 19.3 Å². The van der Waals surface area contributed by atoms with Gasteiger partial charge in [-0.25, -0.2) is 0 Å². The highest BCUT2D eigenvalue weighted by Gasteiger charge is 2.18. The number of nitrogens with one attached hydrogen (secondary N) is 1. The van der Waals surface area contributed by atoms with Crippen LogP contribution in [0.2, 0.25) is 0 Å². The second kappa shape index (κ2) is 5.62. The van der Waals surface area contributed by atoms with Crippen LogP contribution in [-0.4, -0.2) is 51.1 Å². The van der Waals surface area contributed by atoms with Gasteiger partial charge < -0.3 is 15.3 Å². The molecule has 0 aliphatic carbocycles. The third-order valence-electron chi connectivity index (χ3n) is 3.60. The average Bonchev–Trinajstić information content (AvgIpc) is 3.09. The first-order valence-corrected chi connectivity index (χ1v) is 7.09. The maximum Gasteiger partial charge on any atom is 0.229 e. The first kappa shape index (κ1) is 13.1. The average molecular weight is 276 g/mol. The molecule has 3 heterocycles. The molecule has 7 heteroatoms. The van der Waals surface area contributed by atoms with Crippen LogP contribution in [0, 0.1) is 0 Å². The minimum absolute atomic E-state index is 0.174. The van der Waals surface area contributed by atoms with E-state index in [-0.39, 0.29) is 6.61 Å².